The lowest BCUT2D eigenvalue weighted by Crippen LogP contribution is -2.45. The second kappa shape index (κ2) is 5.38. The van der Waals surface area contributed by atoms with Crippen molar-refractivity contribution in [2.45, 2.75) is 25.1 Å². The number of hydrogen-bond acceptors (Lipinski definition) is 5. The monoisotopic (exact) mass is 314 g/mol. The van der Waals surface area contributed by atoms with Gasteiger partial charge in [0.15, 0.2) is 5.65 Å². The van der Waals surface area contributed by atoms with E-state index in [1.165, 1.54) is 6.07 Å². The number of anilines is 1. The van der Waals surface area contributed by atoms with Crippen molar-refractivity contribution in [1.82, 2.24) is 24.7 Å². The van der Waals surface area contributed by atoms with Crippen LogP contribution in [0.2, 0.25) is 0 Å². The van der Waals surface area contributed by atoms with E-state index in [9.17, 15) is 13.2 Å². The van der Waals surface area contributed by atoms with E-state index in [1.54, 1.807) is 6.07 Å². The fraction of sp³-hybridized carbons (Fsp3) is 0.615. The number of piperidine rings is 1. The largest absolute Gasteiger partial charge is 0.453 e. The van der Waals surface area contributed by atoms with Crippen molar-refractivity contribution in [3.63, 3.8) is 0 Å². The summed E-state index contributed by atoms with van der Waals surface area (Å²) in [4.78, 5) is 4.14. The number of likely N-dealkylation sites (N-methyl/N-ethyl adjacent to an activating group) is 1. The average molecular weight is 314 g/mol. The Morgan fingerprint density at radius 2 is 2.00 bits per heavy atom. The van der Waals surface area contributed by atoms with Gasteiger partial charge in [0, 0.05) is 19.1 Å². The zero-order valence-electron chi connectivity index (χ0n) is 12.4. The van der Waals surface area contributed by atoms with Crippen LogP contribution in [0.4, 0.5) is 19.0 Å². The SMILES string of the molecule is CN(C)C1CCCN(c2ccc3nnc(C(F)(F)F)n3n2)C1. The van der Waals surface area contributed by atoms with Crippen LogP contribution in [0.5, 0.6) is 0 Å². The van der Waals surface area contributed by atoms with Gasteiger partial charge in [-0.3, -0.25) is 0 Å². The van der Waals surface area contributed by atoms with Crippen molar-refractivity contribution in [1.29, 1.82) is 0 Å². The molecule has 1 fully saturated rings. The molecule has 120 valence electrons. The molecule has 3 heterocycles. The van der Waals surface area contributed by atoms with Crippen molar-refractivity contribution >= 4 is 11.5 Å². The minimum atomic E-state index is -4.57. The van der Waals surface area contributed by atoms with E-state index in [-0.39, 0.29) is 5.65 Å². The Balaban J connectivity index is 1.94. The maximum atomic E-state index is 12.9. The highest BCUT2D eigenvalue weighted by Crippen LogP contribution is 2.28. The van der Waals surface area contributed by atoms with E-state index in [0.29, 0.717) is 11.9 Å². The summed E-state index contributed by atoms with van der Waals surface area (Å²) in [6, 6.07) is 3.58. The second-order valence-electron chi connectivity index (χ2n) is 5.69. The summed E-state index contributed by atoms with van der Waals surface area (Å²) in [6.07, 6.45) is -2.51. The first-order valence-corrected chi connectivity index (χ1v) is 7.07. The minimum Gasteiger partial charge on any atom is -0.354 e. The van der Waals surface area contributed by atoms with Crippen LogP contribution in [0, 0.1) is 0 Å². The topological polar surface area (TPSA) is 49.6 Å². The fourth-order valence-electron chi connectivity index (χ4n) is 2.71. The molecular formula is C13H17F3N6. The molecule has 9 heteroatoms. The smallest absolute Gasteiger partial charge is 0.354 e. The summed E-state index contributed by atoms with van der Waals surface area (Å²) < 4.78 is 39.5. The van der Waals surface area contributed by atoms with Gasteiger partial charge in [-0.1, -0.05) is 0 Å². The Hall–Kier alpha value is -1.90. The van der Waals surface area contributed by atoms with Gasteiger partial charge in [-0.25, -0.2) is 0 Å². The molecule has 1 saturated heterocycles. The lowest BCUT2D eigenvalue weighted by molar-refractivity contribution is -0.146. The lowest BCUT2D eigenvalue weighted by atomic mass is 10.1. The number of halogens is 3. The Morgan fingerprint density at radius 3 is 2.68 bits per heavy atom. The quantitative estimate of drug-likeness (QED) is 0.844. The Labute approximate surface area is 125 Å². The van der Waals surface area contributed by atoms with E-state index in [2.05, 4.69) is 20.2 Å². The molecule has 0 amide bonds. The average Bonchev–Trinajstić information content (AvgIpc) is 2.90. The van der Waals surface area contributed by atoms with Gasteiger partial charge < -0.3 is 9.80 Å². The highest BCUT2D eigenvalue weighted by molar-refractivity contribution is 5.46. The van der Waals surface area contributed by atoms with Crippen LogP contribution < -0.4 is 4.90 Å². The normalized spacial score (nSPS) is 20.1. The molecular weight excluding hydrogens is 297 g/mol. The van der Waals surface area contributed by atoms with Crippen LogP contribution in [-0.2, 0) is 6.18 Å². The molecule has 0 radical (unpaired) electrons. The maximum Gasteiger partial charge on any atom is 0.453 e. The van der Waals surface area contributed by atoms with Gasteiger partial charge in [0.1, 0.15) is 5.82 Å². The third-order valence-corrected chi connectivity index (χ3v) is 3.95. The van der Waals surface area contributed by atoms with Crippen LogP contribution in [0.25, 0.3) is 5.65 Å². The Morgan fingerprint density at radius 1 is 1.23 bits per heavy atom. The summed E-state index contributed by atoms with van der Waals surface area (Å²) in [7, 11) is 4.01. The summed E-state index contributed by atoms with van der Waals surface area (Å²) in [5.74, 6) is -0.574. The van der Waals surface area contributed by atoms with Gasteiger partial charge in [-0.05, 0) is 39.1 Å². The van der Waals surface area contributed by atoms with Crippen molar-refractivity contribution in [2.24, 2.45) is 0 Å². The number of fused-ring (bicyclic) bond motifs is 1. The number of aromatic nitrogens is 4. The van der Waals surface area contributed by atoms with Crippen molar-refractivity contribution in [3.8, 4) is 0 Å². The number of rotatable bonds is 2. The first-order valence-electron chi connectivity index (χ1n) is 7.07. The molecule has 0 saturated carbocycles. The number of alkyl halides is 3. The van der Waals surface area contributed by atoms with Crippen LogP contribution >= 0.6 is 0 Å². The van der Waals surface area contributed by atoms with Gasteiger partial charge in [0.05, 0.1) is 0 Å². The van der Waals surface area contributed by atoms with Crippen LogP contribution in [0.15, 0.2) is 12.1 Å². The zero-order chi connectivity index (χ0) is 15.9. The highest BCUT2D eigenvalue weighted by atomic mass is 19.4. The molecule has 0 aliphatic carbocycles. The molecule has 22 heavy (non-hydrogen) atoms. The minimum absolute atomic E-state index is 0.0947. The second-order valence-corrected chi connectivity index (χ2v) is 5.69. The number of nitrogens with zero attached hydrogens (tertiary/aromatic N) is 6. The first kappa shape index (κ1) is 15.0. The van der Waals surface area contributed by atoms with Crippen molar-refractivity contribution < 1.29 is 13.2 Å². The summed E-state index contributed by atoms with van der Waals surface area (Å²) >= 11 is 0. The molecule has 1 aliphatic rings. The van der Waals surface area contributed by atoms with Crippen molar-refractivity contribution in [2.75, 3.05) is 32.1 Å². The zero-order valence-corrected chi connectivity index (χ0v) is 12.4. The molecule has 1 aliphatic heterocycles. The third kappa shape index (κ3) is 2.72. The first-order chi connectivity index (χ1) is 10.4. The molecule has 6 nitrogen and oxygen atoms in total. The predicted octanol–water partition coefficient (Wildman–Crippen LogP) is 1.67. The number of hydrogen-bond donors (Lipinski definition) is 0. The van der Waals surface area contributed by atoms with Gasteiger partial charge in [0.2, 0.25) is 0 Å². The van der Waals surface area contributed by atoms with Gasteiger partial charge >= 0.3 is 6.18 Å². The van der Waals surface area contributed by atoms with Crippen molar-refractivity contribution in [3.05, 3.63) is 18.0 Å². The molecule has 0 spiro atoms. The molecule has 2 aromatic rings. The summed E-state index contributed by atoms with van der Waals surface area (Å²) in [5, 5.41) is 10.8. The van der Waals surface area contributed by atoms with Gasteiger partial charge in [-0.15, -0.1) is 15.3 Å². The Bertz CT molecular complexity index is 665. The van der Waals surface area contributed by atoms with E-state index in [1.807, 2.05) is 19.0 Å². The van der Waals surface area contributed by atoms with Crippen LogP contribution in [0.3, 0.4) is 0 Å². The standard InChI is InChI=1S/C13H17F3N6/c1-20(2)9-4-3-7-21(8-9)11-6-5-10-17-18-12(13(14,15)16)22(10)19-11/h5-6,9H,3-4,7-8H2,1-2H3. The molecule has 1 atom stereocenters. The van der Waals surface area contributed by atoms with Crippen LogP contribution in [-0.4, -0.2) is 57.9 Å². The fourth-order valence-corrected chi connectivity index (χ4v) is 2.71. The predicted molar refractivity (Wildman–Crippen MR) is 74.7 cm³/mol. The van der Waals surface area contributed by atoms with E-state index >= 15 is 0 Å². The molecule has 0 aromatic carbocycles. The molecule has 0 N–H and O–H groups in total. The van der Waals surface area contributed by atoms with Crippen LogP contribution in [0.1, 0.15) is 18.7 Å². The van der Waals surface area contributed by atoms with Gasteiger partial charge in [0.25, 0.3) is 5.82 Å². The van der Waals surface area contributed by atoms with E-state index in [0.717, 1.165) is 30.4 Å². The molecule has 0 bridgehead atoms. The van der Waals surface area contributed by atoms with E-state index < -0.39 is 12.0 Å². The molecule has 1 unspecified atom stereocenters. The van der Waals surface area contributed by atoms with Gasteiger partial charge in [-0.2, -0.15) is 17.7 Å². The lowest BCUT2D eigenvalue weighted by Gasteiger charge is -2.36. The summed E-state index contributed by atoms with van der Waals surface area (Å²) in [6.45, 7) is 1.53. The highest BCUT2D eigenvalue weighted by Gasteiger charge is 2.38. The van der Waals surface area contributed by atoms with E-state index in [4.69, 9.17) is 0 Å². The molecule has 3 rings (SSSR count). The third-order valence-electron chi connectivity index (χ3n) is 3.95. The maximum absolute atomic E-state index is 12.9. The summed E-state index contributed by atoms with van der Waals surface area (Å²) in [5.41, 5.74) is 0.0947. The molecule has 2 aromatic heterocycles. The Kier molecular flexibility index (Phi) is 3.67.